The fourth-order valence-electron chi connectivity index (χ4n) is 3.63. The molecule has 0 saturated carbocycles. The molecular formula is C22H23FN4O2. The van der Waals surface area contributed by atoms with E-state index in [2.05, 4.69) is 10.4 Å². The summed E-state index contributed by atoms with van der Waals surface area (Å²) in [5.41, 5.74) is 8.82. The molecule has 0 bridgehead atoms. The molecule has 29 heavy (non-hydrogen) atoms. The highest BCUT2D eigenvalue weighted by atomic mass is 19.1. The summed E-state index contributed by atoms with van der Waals surface area (Å²) in [5.74, 6) is -0.737. The van der Waals surface area contributed by atoms with Crippen LogP contribution in [0.5, 0.6) is 0 Å². The fourth-order valence-corrected chi connectivity index (χ4v) is 3.63. The van der Waals surface area contributed by atoms with Crippen LogP contribution in [0.15, 0.2) is 60.9 Å². The number of aromatic nitrogens is 2. The molecule has 6 nitrogen and oxygen atoms in total. The Kier molecular flexibility index (Phi) is 5.69. The van der Waals surface area contributed by atoms with Crippen molar-refractivity contribution in [1.82, 2.24) is 15.1 Å². The van der Waals surface area contributed by atoms with E-state index in [1.165, 1.54) is 10.7 Å². The number of rotatable bonds is 6. The zero-order valence-electron chi connectivity index (χ0n) is 15.9. The number of hydrogen-bond donors (Lipinski definition) is 2. The second-order valence-corrected chi connectivity index (χ2v) is 7.10. The van der Waals surface area contributed by atoms with E-state index in [-0.39, 0.29) is 17.6 Å². The lowest BCUT2D eigenvalue weighted by molar-refractivity contribution is -0.126. The standard InChI is InChI=1S/C22H23FN4O2/c23-19-6-1-2-7-20(19)27-14-17(13-26-27)21-18(8-9-29-21)22(28)25-12-16-5-3-4-15(10-16)11-24/h1-7,10,13-14,18,21H,8-9,11-12,24H2,(H,25,28). The van der Waals surface area contributed by atoms with Crippen LogP contribution in [0.2, 0.25) is 0 Å². The van der Waals surface area contributed by atoms with Crippen LogP contribution in [0.4, 0.5) is 4.39 Å². The number of para-hydroxylation sites is 1. The molecule has 1 aliphatic rings. The Morgan fingerprint density at radius 2 is 2.07 bits per heavy atom. The van der Waals surface area contributed by atoms with E-state index in [1.54, 1.807) is 30.6 Å². The van der Waals surface area contributed by atoms with Gasteiger partial charge in [0, 0.05) is 31.5 Å². The van der Waals surface area contributed by atoms with Gasteiger partial charge in [0.15, 0.2) is 0 Å². The molecule has 3 aromatic rings. The molecule has 0 spiro atoms. The third-order valence-corrected chi connectivity index (χ3v) is 5.15. The molecule has 2 atom stereocenters. The number of nitrogens with zero attached hydrogens (tertiary/aromatic N) is 2. The summed E-state index contributed by atoms with van der Waals surface area (Å²) in [7, 11) is 0. The minimum Gasteiger partial charge on any atom is -0.373 e. The lowest BCUT2D eigenvalue weighted by Gasteiger charge is -2.17. The van der Waals surface area contributed by atoms with E-state index in [1.807, 2.05) is 24.3 Å². The highest BCUT2D eigenvalue weighted by molar-refractivity contribution is 5.79. The number of carbonyl (C=O) groups is 1. The number of nitrogens with one attached hydrogen (secondary N) is 1. The maximum atomic E-state index is 14.0. The third-order valence-electron chi connectivity index (χ3n) is 5.15. The van der Waals surface area contributed by atoms with Crippen molar-refractivity contribution in [3.63, 3.8) is 0 Å². The molecule has 1 saturated heterocycles. The van der Waals surface area contributed by atoms with Gasteiger partial charge in [-0.25, -0.2) is 9.07 Å². The number of nitrogens with two attached hydrogens (primary N) is 1. The monoisotopic (exact) mass is 394 g/mol. The van der Waals surface area contributed by atoms with Crippen LogP contribution in [0.1, 0.15) is 29.2 Å². The van der Waals surface area contributed by atoms with Gasteiger partial charge in [0.2, 0.25) is 5.91 Å². The van der Waals surface area contributed by atoms with Crippen molar-refractivity contribution in [1.29, 1.82) is 0 Å². The number of carbonyl (C=O) groups excluding carboxylic acids is 1. The van der Waals surface area contributed by atoms with Gasteiger partial charge in [-0.3, -0.25) is 4.79 Å². The summed E-state index contributed by atoms with van der Waals surface area (Å²) in [5, 5.41) is 7.24. The molecule has 7 heteroatoms. The van der Waals surface area contributed by atoms with Crippen molar-refractivity contribution in [3.05, 3.63) is 83.4 Å². The van der Waals surface area contributed by atoms with Crippen molar-refractivity contribution < 1.29 is 13.9 Å². The second kappa shape index (κ2) is 8.55. The van der Waals surface area contributed by atoms with Crippen LogP contribution in [0.3, 0.4) is 0 Å². The molecule has 1 aromatic heterocycles. The Morgan fingerprint density at radius 3 is 2.90 bits per heavy atom. The molecule has 150 valence electrons. The molecule has 4 rings (SSSR count). The molecule has 3 N–H and O–H groups in total. The Labute approximate surface area is 168 Å². The predicted molar refractivity (Wildman–Crippen MR) is 107 cm³/mol. The Hall–Kier alpha value is -3.03. The molecule has 2 heterocycles. The van der Waals surface area contributed by atoms with E-state index in [0.717, 1.165) is 16.7 Å². The zero-order valence-corrected chi connectivity index (χ0v) is 15.9. The normalized spacial score (nSPS) is 18.7. The van der Waals surface area contributed by atoms with Crippen molar-refractivity contribution in [2.75, 3.05) is 6.61 Å². The van der Waals surface area contributed by atoms with E-state index < -0.39 is 6.10 Å². The summed E-state index contributed by atoms with van der Waals surface area (Å²) in [6.07, 6.45) is 3.59. The SMILES string of the molecule is NCc1cccc(CNC(=O)C2CCOC2c2cnn(-c3ccccc3F)c2)c1. The Morgan fingerprint density at radius 1 is 1.24 bits per heavy atom. The number of hydrogen-bond acceptors (Lipinski definition) is 4. The van der Waals surface area contributed by atoms with Crippen LogP contribution >= 0.6 is 0 Å². The van der Waals surface area contributed by atoms with Crippen LogP contribution in [-0.2, 0) is 22.6 Å². The quantitative estimate of drug-likeness (QED) is 0.674. The summed E-state index contributed by atoms with van der Waals surface area (Å²) < 4.78 is 21.3. The highest BCUT2D eigenvalue weighted by Gasteiger charge is 2.36. The average Bonchev–Trinajstić information content (AvgIpc) is 3.42. The molecule has 0 radical (unpaired) electrons. The number of halogens is 1. The summed E-state index contributed by atoms with van der Waals surface area (Å²) >= 11 is 0. The topological polar surface area (TPSA) is 82.2 Å². The van der Waals surface area contributed by atoms with Gasteiger partial charge in [0.05, 0.1) is 18.2 Å². The van der Waals surface area contributed by atoms with Gasteiger partial charge in [0.25, 0.3) is 0 Å². The predicted octanol–water partition coefficient (Wildman–Crippen LogP) is 2.86. The molecular weight excluding hydrogens is 371 g/mol. The lowest BCUT2D eigenvalue weighted by atomic mass is 9.96. The average molecular weight is 394 g/mol. The number of ether oxygens (including phenoxy) is 1. The van der Waals surface area contributed by atoms with E-state index in [4.69, 9.17) is 10.5 Å². The first-order valence-corrected chi connectivity index (χ1v) is 9.62. The molecule has 2 aromatic carbocycles. The maximum absolute atomic E-state index is 14.0. The molecule has 2 unspecified atom stereocenters. The largest absolute Gasteiger partial charge is 0.373 e. The zero-order chi connectivity index (χ0) is 20.2. The van der Waals surface area contributed by atoms with Gasteiger partial charge < -0.3 is 15.8 Å². The van der Waals surface area contributed by atoms with Gasteiger partial charge in [-0.1, -0.05) is 36.4 Å². The van der Waals surface area contributed by atoms with E-state index in [0.29, 0.717) is 31.8 Å². The smallest absolute Gasteiger partial charge is 0.226 e. The summed E-state index contributed by atoms with van der Waals surface area (Å²) in [6.45, 7) is 1.40. The molecule has 1 amide bonds. The van der Waals surface area contributed by atoms with Crippen molar-refractivity contribution in [2.45, 2.75) is 25.6 Å². The number of amides is 1. The Balaban J connectivity index is 1.45. The minimum atomic E-state index is -0.397. The molecule has 1 fully saturated rings. The minimum absolute atomic E-state index is 0.0655. The van der Waals surface area contributed by atoms with Gasteiger partial charge in [-0.05, 0) is 29.7 Å². The number of benzene rings is 2. The maximum Gasteiger partial charge on any atom is 0.226 e. The highest BCUT2D eigenvalue weighted by Crippen LogP contribution is 2.35. The summed E-state index contributed by atoms with van der Waals surface area (Å²) in [4.78, 5) is 12.8. The fraction of sp³-hybridized carbons (Fsp3) is 0.273. The first-order chi connectivity index (χ1) is 14.2. The van der Waals surface area contributed by atoms with Gasteiger partial charge in [-0.2, -0.15) is 5.10 Å². The first-order valence-electron chi connectivity index (χ1n) is 9.62. The van der Waals surface area contributed by atoms with Crippen LogP contribution in [0.25, 0.3) is 5.69 Å². The second-order valence-electron chi connectivity index (χ2n) is 7.10. The first kappa shape index (κ1) is 19.3. The van der Waals surface area contributed by atoms with Gasteiger partial charge in [-0.15, -0.1) is 0 Å². The third kappa shape index (κ3) is 4.21. The van der Waals surface area contributed by atoms with Gasteiger partial charge in [0.1, 0.15) is 11.5 Å². The van der Waals surface area contributed by atoms with Crippen LogP contribution < -0.4 is 11.1 Å². The summed E-state index contributed by atoms with van der Waals surface area (Å²) in [6, 6.07) is 14.3. The van der Waals surface area contributed by atoms with Crippen molar-refractivity contribution in [2.24, 2.45) is 11.7 Å². The van der Waals surface area contributed by atoms with Crippen LogP contribution in [-0.4, -0.2) is 22.3 Å². The Bertz CT molecular complexity index is 1000. The van der Waals surface area contributed by atoms with E-state index >= 15 is 0 Å². The van der Waals surface area contributed by atoms with Crippen molar-refractivity contribution >= 4 is 5.91 Å². The molecule has 1 aliphatic heterocycles. The van der Waals surface area contributed by atoms with E-state index in [9.17, 15) is 9.18 Å². The van der Waals surface area contributed by atoms with Gasteiger partial charge >= 0.3 is 0 Å². The lowest BCUT2D eigenvalue weighted by Crippen LogP contribution is -2.31. The van der Waals surface area contributed by atoms with Crippen molar-refractivity contribution in [3.8, 4) is 5.69 Å². The van der Waals surface area contributed by atoms with Crippen LogP contribution in [0, 0.1) is 11.7 Å². The molecule has 0 aliphatic carbocycles.